The van der Waals surface area contributed by atoms with Crippen molar-refractivity contribution in [1.82, 2.24) is 10.6 Å². The minimum Gasteiger partial charge on any atom is -0.349 e. The molecule has 1 aliphatic rings. The lowest BCUT2D eigenvalue weighted by molar-refractivity contribution is -0.129. The molecule has 0 aliphatic carbocycles. The Labute approximate surface area is 103 Å². The molecule has 1 aliphatic heterocycles. The first-order valence-corrected chi connectivity index (χ1v) is 6.18. The highest BCUT2D eigenvalue weighted by Crippen LogP contribution is 2.25. The van der Waals surface area contributed by atoms with Crippen LogP contribution in [0.4, 0.5) is 0 Å². The van der Waals surface area contributed by atoms with E-state index in [2.05, 4.69) is 10.6 Å². The van der Waals surface area contributed by atoms with Crippen LogP contribution in [0.5, 0.6) is 0 Å². The first-order valence-electron chi connectivity index (χ1n) is 6.18. The van der Waals surface area contributed by atoms with Crippen LogP contribution in [0, 0.1) is 5.41 Å². The van der Waals surface area contributed by atoms with Gasteiger partial charge < -0.3 is 10.6 Å². The number of hydrogen-bond donors (Lipinski definition) is 2. The highest BCUT2D eigenvalue weighted by atomic mass is 16.2. The molecule has 0 bridgehead atoms. The third kappa shape index (κ3) is 2.67. The van der Waals surface area contributed by atoms with E-state index >= 15 is 0 Å². The second-order valence-corrected chi connectivity index (χ2v) is 5.09. The van der Waals surface area contributed by atoms with Crippen LogP contribution in [0.15, 0.2) is 30.3 Å². The van der Waals surface area contributed by atoms with Gasteiger partial charge in [-0.05, 0) is 32.4 Å². The minimum atomic E-state index is -0.247. The molecule has 1 amide bonds. The molecule has 0 spiro atoms. The normalized spacial score (nSPS) is 25.5. The molecule has 3 nitrogen and oxygen atoms in total. The molecule has 1 heterocycles. The van der Waals surface area contributed by atoms with Crippen molar-refractivity contribution in [2.75, 3.05) is 13.1 Å². The highest BCUT2D eigenvalue weighted by Gasteiger charge is 2.36. The predicted octanol–water partition coefficient (Wildman–Crippen LogP) is 1.86. The molecule has 0 radical (unpaired) electrons. The Morgan fingerprint density at radius 2 is 2.12 bits per heavy atom. The van der Waals surface area contributed by atoms with E-state index in [9.17, 15) is 4.79 Å². The van der Waals surface area contributed by atoms with Gasteiger partial charge in [0, 0.05) is 6.54 Å². The molecular formula is C14H20N2O. The fourth-order valence-corrected chi connectivity index (χ4v) is 2.21. The summed E-state index contributed by atoms with van der Waals surface area (Å²) in [4.78, 5) is 12.2. The maximum absolute atomic E-state index is 12.2. The number of benzene rings is 1. The van der Waals surface area contributed by atoms with Crippen molar-refractivity contribution < 1.29 is 4.79 Å². The van der Waals surface area contributed by atoms with Crippen molar-refractivity contribution in [3.8, 4) is 0 Å². The molecule has 0 saturated carbocycles. The van der Waals surface area contributed by atoms with Crippen LogP contribution >= 0.6 is 0 Å². The second-order valence-electron chi connectivity index (χ2n) is 5.09. The van der Waals surface area contributed by atoms with Gasteiger partial charge in [0.2, 0.25) is 5.91 Å². The Balaban J connectivity index is 1.99. The van der Waals surface area contributed by atoms with Crippen LogP contribution in [0.1, 0.15) is 31.9 Å². The number of carbonyl (C=O) groups excluding carboxylic acids is 1. The first-order chi connectivity index (χ1) is 8.12. The van der Waals surface area contributed by atoms with Crippen molar-refractivity contribution in [1.29, 1.82) is 0 Å². The zero-order valence-corrected chi connectivity index (χ0v) is 10.5. The van der Waals surface area contributed by atoms with Gasteiger partial charge >= 0.3 is 0 Å². The summed E-state index contributed by atoms with van der Waals surface area (Å²) in [6, 6.07) is 10.1. The van der Waals surface area contributed by atoms with Crippen molar-refractivity contribution in [3.05, 3.63) is 35.9 Å². The van der Waals surface area contributed by atoms with E-state index in [1.807, 2.05) is 44.2 Å². The average molecular weight is 232 g/mol. The lowest BCUT2D eigenvalue weighted by atomic mass is 9.88. The van der Waals surface area contributed by atoms with Crippen LogP contribution in [0.2, 0.25) is 0 Å². The van der Waals surface area contributed by atoms with E-state index in [0.717, 1.165) is 25.1 Å². The molecule has 2 rings (SSSR count). The number of carbonyl (C=O) groups is 1. The minimum absolute atomic E-state index is 0.0705. The molecule has 1 saturated heterocycles. The van der Waals surface area contributed by atoms with Gasteiger partial charge in [0.1, 0.15) is 0 Å². The zero-order chi connectivity index (χ0) is 12.3. The van der Waals surface area contributed by atoms with Gasteiger partial charge in [-0.1, -0.05) is 30.3 Å². The van der Waals surface area contributed by atoms with Gasteiger partial charge in [-0.3, -0.25) is 4.79 Å². The molecule has 1 unspecified atom stereocenters. The number of hydrogen-bond acceptors (Lipinski definition) is 2. The number of rotatable bonds is 3. The van der Waals surface area contributed by atoms with E-state index in [4.69, 9.17) is 0 Å². The summed E-state index contributed by atoms with van der Waals surface area (Å²) in [7, 11) is 0. The number of nitrogens with one attached hydrogen (secondary N) is 2. The predicted molar refractivity (Wildman–Crippen MR) is 68.6 cm³/mol. The molecule has 1 aromatic carbocycles. The van der Waals surface area contributed by atoms with Gasteiger partial charge in [-0.2, -0.15) is 0 Å². The zero-order valence-electron chi connectivity index (χ0n) is 10.5. The van der Waals surface area contributed by atoms with Crippen LogP contribution in [-0.4, -0.2) is 19.0 Å². The molecule has 2 N–H and O–H groups in total. The summed E-state index contributed by atoms with van der Waals surface area (Å²) in [5.74, 6) is 0.152. The van der Waals surface area contributed by atoms with Gasteiger partial charge in [-0.15, -0.1) is 0 Å². The molecule has 92 valence electrons. The monoisotopic (exact) mass is 232 g/mol. The highest BCUT2D eigenvalue weighted by molar-refractivity contribution is 5.83. The summed E-state index contributed by atoms with van der Waals surface area (Å²) < 4.78 is 0. The van der Waals surface area contributed by atoms with Crippen LogP contribution in [0.25, 0.3) is 0 Å². The molecule has 3 heteroatoms. The summed E-state index contributed by atoms with van der Waals surface area (Å²) in [6.07, 6.45) is 0.917. The summed E-state index contributed by atoms with van der Waals surface area (Å²) in [6.45, 7) is 5.77. The Hall–Kier alpha value is -1.35. The quantitative estimate of drug-likeness (QED) is 0.835. The van der Waals surface area contributed by atoms with E-state index in [0.29, 0.717) is 0 Å². The standard InChI is InChI=1S/C14H20N2O/c1-11(12-6-4-3-5-7-12)16-13(17)14(2)8-9-15-10-14/h3-7,11,15H,8-10H2,1-2H3,(H,16,17)/t11-,14?/m0/s1. The fraction of sp³-hybridized carbons (Fsp3) is 0.500. The van der Waals surface area contributed by atoms with Crippen molar-refractivity contribution in [3.63, 3.8) is 0 Å². The van der Waals surface area contributed by atoms with Crippen molar-refractivity contribution >= 4 is 5.91 Å². The average Bonchev–Trinajstić information content (AvgIpc) is 2.78. The number of amides is 1. The second kappa shape index (κ2) is 4.88. The van der Waals surface area contributed by atoms with E-state index < -0.39 is 0 Å². The van der Waals surface area contributed by atoms with Crippen LogP contribution in [-0.2, 0) is 4.79 Å². The Morgan fingerprint density at radius 3 is 2.71 bits per heavy atom. The van der Waals surface area contributed by atoms with Gasteiger partial charge in [0.05, 0.1) is 11.5 Å². The lowest BCUT2D eigenvalue weighted by Gasteiger charge is -2.24. The molecule has 2 atom stereocenters. The van der Waals surface area contributed by atoms with Crippen LogP contribution in [0.3, 0.4) is 0 Å². The van der Waals surface area contributed by atoms with E-state index in [1.165, 1.54) is 0 Å². The largest absolute Gasteiger partial charge is 0.349 e. The van der Waals surface area contributed by atoms with E-state index in [-0.39, 0.29) is 17.4 Å². The molecular weight excluding hydrogens is 212 g/mol. The first kappa shape index (κ1) is 12.1. The van der Waals surface area contributed by atoms with Crippen molar-refractivity contribution in [2.45, 2.75) is 26.3 Å². The topological polar surface area (TPSA) is 41.1 Å². The molecule has 1 fully saturated rings. The van der Waals surface area contributed by atoms with E-state index in [1.54, 1.807) is 0 Å². The maximum atomic E-state index is 12.2. The molecule has 17 heavy (non-hydrogen) atoms. The third-order valence-electron chi connectivity index (χ3n) is 3.56. The Morgan fingerprint density at radius 1 is 1.41 bits per heavy atom. The molecule has 0 aromatic heterocycles. The maximum Gasteiger partial charge on any atom is 0.227 e. The third-order valence-corrected chi connectivity index (χ3v) is 3.56. The Kier molecular flexibility index (Phi) is 3.48. The summed E-state index contributed by atoms with van der Waals surface area (Å²) in [5, 5.41) is 6.35. The lowest BCUT2D eigenvalue weighted by Crippen LogP contribution is -2.41. The van der Waals surface area contributed by atoms with Gasteiger partial charge in [0.15, 0.2) is 0 Å². The van der Waals surface area contributed by atoms with Crippen molar-refractivity contribution in [2.24, 2.45) is 5.41 Å². The van der Waals surface area contributed by atoms with Gasteiger partial charge in [0.25, 0.3) is 0 Å². The summed E-state index contributed by atoms with van der Waals surface area (Å²) in [5.41, 5.74) is 0.902. The summed E-state index contributed by atoms with van der Waals surface area (Å²) >= 11 is 0. The smallest absolute Gasteiger partial charge is 0.227 e. The molecule has 1 aromatic rings. The van der Waals surface area contributed by atoms with Gasteiger partial charge in [-0.25, -0.2) is 0 Å². The van der Waals surface area contributed by atoms with Crippen LogP contribution < -0.4 is 10.6 Å². The Bertz CT molecular complexity index is 382. The fourth-order valence-electron chi connectivity index (χ4n) is 2.21. The SMILES string of the molecule is C[C@H](NC(=O)C1(C)CCNC1)c1ccccc1.